The molecule has 5 heteroatoms. The van der Waals surface area contributed by atoms with E-state index in [4.69, 9.17) is 0 Å². The van der Waals surface area contributed by atoms with Crippen molar-refractivity contribution < 1.29 is 5.11 Å². The second kappa shape index (κ2) is 21.9. The molecular formula is C74H50Br3ClO. The average molecular weight is 1230 g/mol. The minimum Gasteiger partial charge on any atom is -0.376 e. The molecule has 79 heavy (non-hydrogen) atoms. The molecule has 12 aromatic rings. The first kappa shape index (κ1) is 52.1. The lowest BCUT2D eigenvalue weighted by molar-refractivity contribution is 0.127. The second-order valence-corrected chi connectivity index (χ2v) is 22.6. The van der Waals surface area contributed by atoms with Crippen LogP contribution in [0.3, 0.4) is 0 Å². The highest BCUT2D eigenvalue weighted by Crippen LogP contribution is 2.62. The van der Waals surface area contributed by atoms with Gasteiger partial charge in [0, 0.05) is 30.1 Å². The molecule has 380 valence electrons. The third kappa shape index (κ3) is 8.88. The van der Waals surface area contributed by atoms with Gasteiger partial charge in [0.15, 0.2) is 0 Å². The molecule has 1 atom stereocenters. The summed E-state index contributed by atoms with van der Waals surface area (Å²) < 4.78 is 3.18. The van der Waals surface area contributed by atoms with Crippen molar-refractivity contribution in [2.45, 2.75) is 11.0 Å². The predicted molar refractivity (Wildman–Crippen MR) is 342 cm³/mol. The smallest absolute Gasteiger partial charge is 0.142 e. The van der Waals surface area contributed by atoms with Gasteiger partial charge in [-0.15, -0.1) is 12.4 Å². The number of hydrogen-bond donors (Lipinski definition) is 1. The zero-order chi connectivity index (χ0) is 52.8. The van der Waals surface area contributed by atoms with Gasteiger partial charge in [-0.1, -0.05) is 309 Å². The van der Waals surface area contributed by atoms with Crippen molar-refractivity contribution in [3.05, 3.63) is 344 Å². The van der Waals surface area contributed by atoms with Gasteiger partial charge in [-0.25, -0.2) is 0 Å². The van der Waals surface area contributed by atoms with Gasteiger partial charge in [-0.3, -0.25) is 0 Å². The van der Waals surface area contributed by atoms with Crippen molar-refractivity contribution in [1.82, 2.24) is 0 Å². The van der Waals surface area contributed by atoms with Crippen LogP contribution in [-0.2, 0) is 11.0 Å². The van der Waals surface area contributed by atoms with Crippen LogP contribution in [0.2, 0.25) is 0 Å². The SMILES string of the molecule is Brc1ccc2c(c1)C1(c3ccccc3-c3ccccc3-2)c2ccccc2-c2ccccc21.Brc1ccccc1-c1ccccc1.Cl.OC1(c2ccccc2-c2ccccc2)c2ccccc2-c2ccccc2-c2ccc(Br)cc21. The highest BCUT2D eigenvalue weighted by Gasteiger charge is 2.49. The molecule has 3 aliphatic rings. The van der Waals surface area contributed by atoms with Gasteiger partial charge in [0.1, 0.15) is 5.60 Å². The molecule has 0 bridgehead atoms. The minimum absolute atomic E-state index is 0. The van der Waals surface area contributed by atoms with E-state index in [0.717, 1.165) is 63.5 Å². The van der Waals surface area contributed by atoms with Gasteiger partial charge in [0.2, 0.25) is 0 Å². The predicted octanol–water partition coefficient (Wildman–Crippen LogP) is 21.0. The normalized spacial score (nSPS) is 14.1. The molecule has 0 aromatic heterocycles. The standard InChI is InChI=1S/C31H21BrO.C31H19Br.C12H9Br.ClH/c32-22-18-19-27-25-14-5-4-13-24(25)26-15-7-9-17-29(26)31(33,30(27)20-22)28-16-8-6-12-23(28)21-10-2-1-3-11-21;32-20-17-18-26-22-10-2-1-9-21(22)23-11-3-6-14-27(23)31(30(26)19-20)28-15-7-4-12-24(28)25-13-5-8-16-29(25)31;13-12-9-5-4-8-11(12)10-6-2-1-3-7-10;/h1-20,33H;1-19H;1-9H;1H. The van der Waals surface area contributed by atoms with Crippen LogP contribution in [0.4, 0.5) is 0 Å². The number of halogens is 4. The summed E-state index contributed by atoms with van der Waals surface area (Å²) in [7, 11) is 0. The van der Waals surface area contributed by atoms with Gasteiger partial charge in [0.25, 0.3) is 0 Å². The van der Waals surface area contributed by atoms with Crippen molar-refractivity contribution in [3.8, 4) is 77.9 Å². The van der Waals surface area contributed by atoms with E-state index >= 15 is 0 Å². The Hall–Kier alpha value is -7.67. The van der Waals surface area contributed by atoms with Gasteiger partial charge in [0.05, 0.1) is 5.41 Å². The largest absolute Gasteiger partial charge is 0.376 e. The van der Waals surface area contributed by atoms with E-state index in [-0.39, 0.29) is 17.8 Å². The van der Waals surface area contributed by atoms with Crippen LogP contribution in [0.5, 0.6) is 0 Å². The molecule has 0 saturated heterocycles. The van der Waals surface area contributed by atoms with Gasteiger partial charge < -0.3 is 5.11 Å². The first-order chi connectivity index (χ1) is 38.4. The molecule has 1 nitrogen and oxygen atoms in total. The van der Waals surface area contributed by atoms with Crippen molar-refractivity contribution in [2.24, 2.45) is 0 Å². The van der Waals surface area contributed by atoms with E-state index in [2.05, 4.69) is 278 Å². The molecule has 1 spiro atoms. The van der Waals surface area contributed by atoms with Gasteiger partial charge in [-0.05, 0) is 130 Å². The molecule has 3 aliphatic carbocycles. The Kier molecular flexibility index (Phi) is 14.4. The van der Waals surface area contributed by atoms with Crippen LogP contribution in [-0.4, -0.2) is 5.11 Å². The molecule has 0 fully saturated rings. The van der Waals surface area contributed by atoms with Crippen LogP contribution in [0.1, 0.15) is 38.9 Å². The van der Waals surface area contributed by atoms with Crippen molar-refractivity contribution in [2.75, 3.05) is 0 Å². The highest BCUT2D eigenvalue weighted by molar-refractivity contribution is 9.11. The molecule has 0 aliphatic heterocycles. The van der Waals surface area contributed by atoms with Gasteiger partial charge >= 0.3 is 0 Å². The number of aliphatic hydroxyl groups is 1. The molecule has 1 N–H and O–H groups in total. The van der Waals surface area contributed by atoms with Crippen LogP contribution < -0.4 is 0 Å². The highest BCUT2D eigenvalue weighted by atomic mass is 79.9. The summed E-state index contributed by atoms with van der Waals surface area (Å²) in [4.78, 5) is 0. The lowest BCUT2D eigenvalue weighted by Crippen LogP contribution is -2.30. The summed E-state index contributed by atoms with van der Waals surface area (Å²) >= 11 is 11.0. The van der Waals surface area contributed by atoms with E-state index in [0.29, 0.717) is 0 Å². The summed E-state index contributed by atoms with van der Waals surface area (Å²) in [6.07, 6.45) is 0. The lowest BCUT2D eigenvalue weighted by Gasteiger charge is -2.35. The maximum atomic E-state index is 12.9. The number of rotatable bonds is 3. The van der Waals surface area contributed by atoms with Crippen LogP contribution in [0.15, 0.2) is 305 Å². The first-order valence-corrected chi connectivity index (χ1v) is 28.6. The van der Waals surface area contributed by atoms with Crippen LogP contribution >= 0.6 is 60.2 Å². The molecule has 1 unspecified atom stereocenters. The Morgan fingerprint density at radius 2 is 0.506 bits per heavy atom. The third-order valence-electron chi connectivity index (χ3n) is 15.7. The Bertz CT molecular complexity index is 4180. The van der Waals surface area contributed by atoms with Crippen molar-refractivity contribution in [1.29, 1.82) is 0 Å². The number of hydrogen-bond acceptors (Lipinski definition) is 1. The van der Waals surface area contributed by atoms with Crippen molar-refractivity contribution in [3.63, 3.8) is 0 Å². The molecule has 12 aromatic carbocycles. The summed E-state index contributed by atoms with van der Waals surface area (Å²) in [5, 5.41) is 12.9. The number of benzene rings is 12. The second-order valence-electron chi connectivity index (χ2n) is 19.9. The van der Waals surface area contributed by atoms with E-state index in [1.807, 2.05) is 60.7 Å². The average Bonchev–Trinajstić information content (AvgIpc) is 3.99. The zero-order valence-electron chi connectivity index (χ0n) is 42.7. The molecule has 15 rings (SSSR count). The van der Waals surface area contributed by atoms with E-state index in [1.54, 1.807) is 0 Å². The Balaban J connectivity index is 0.000000128. The van der Waals surface area contributed by atoms with E-state index in [9.17, 15) is 5.11 Å². The fourth-order valence-electron chi connectivity index (χ4n) is 12.5. The molecular weight excluding hydrogens is 1180 g/mol. The summed E-state index contributed by atoms with van der Waals surface area (Å²) in [6.45, 7) is 0. The molecule has 0 radical (unpaired) electrons. The lowest BCUT2D eigenvalue weighted by atomic mass is 9.66. The molecule has 0 heterocycles. The van der Waals surface area contributed by atoms with Crippen LogP contribution in [0, 0.1) is 0 Å². The maximum absolute atomic E-state index is 12.9. The Labute approximate surface area is 493 Å². The quantitative estimate of drug-likeness (QED) is 0.187. The number of fused-ring (bicyclic) bond motifs is 17. The first-order valence-electron chi connectivity index (χ1n) is 26.2. The van der Waals surface area contributed by atoms with E-state index in [1.165, 1.54) is 66.8 Å². The molecule has 0 saturated carbocycles. The topological polar surface area (TPSA) is 20.2 Å². The summed E-state index contributed by atoms with van der Waals surface area (Å²) in [6, 6.07) is 103. The van der Waals surface area contributed by atoms with E-state index < -0.39 is 5.60 Å². The van der Waals surface area contributed by atoms with Crippen LogP contribution in [0.25, 0.3) is 77.9 Å². The minimum atomic E-state index is -1.35. The zero-order valence-corrected chi connectivity index (χ0v) is 48.3. The fraction of sp³-hybridized carbons (Fsp3) is 0.0270. The Morgan fingerprint density at radius 3 is 0.949 bits per heavy atom. The monoisotopic (exact) mass is 1230 g/mol. The van der Waals surface area contributed by atoms with Gasteiger partial charge in [-0.2, -0.15) is 0 Å². The third-order valence-corrected chi connectivity index (χ3v) is 17.4. The summed E-state index contributed by atoms with van der Waals surface area (Å²) in [5.74, 6) is 0. The molecule has 0 amide bonds. The maximum Gasteiger partial charge on any atom is 0.142 e. The van der Waals surface area contributed by atoms with Crippen molar-refractivity contribution >= 4 is 60.2 Å². The summed E-state index contributed by atoms with van der Waals surface area (Å²) in [5.41, 5.74) is 23.1. The Morgan fingerprint density at radius 1 is 0.228 bits per heavy atom. The fourth-order valence-corrected chi connectivity index (χ4v) is 13.7.